The van der Waals surface area contributed by atoms with E-state index in [0.717, 1.165) is 33.6 Å². The molecule has 1 aromatic rings. The number of nitrogens with zero attached hydrogens (tertiary/aromatic N) is 2. The highest BCUT2D eigenvalue weighted by Crippen LogP contribution is 2.36. The third-order valence-electron chi connectivity index (χ3n) is 2.86. The summed E-state index contributed by atoms with van der Waals surface area (Å²) in [6.45, 7) is 15.4. The Bertz CT molecular complexity index is 335. The molecule has 2 nitrogen and oxygen atoms in total. The number of rotatable bonds is 2. The van der Waals surface area contributed by atoms with Gasteiger partial charge in [-0.1, -0.05) is 0 Å². The van der Waals surface area contributed by atoms with Gasteiger partial charge >= 0.3 is 0 Å². The summed E-state index contributed by atoms with van der Waals surface area (Å²) in [7, 11) is 0. The molecule has 0 aromatic heterocycles. The maximum atomic E-state index is 4.05. The summed E-state index contributed by atoms with van der Waals surface area (Å²) in [6, 6.07) is 0. The normalized spacial score (nSPS) is 10.0. The van der Waals surface area contributed by atoms with Crippen LogP contribution in [0.2, 0.25) is 0 Å². The van der Waals surface area contributed by atoms with E-state index in [9.17, 15) is 0 Å². The fourth-order valence-electron chi connectivity index (χ4n) is 1.75. The van der Waals surface area contributed by atoms with Gasteiger partial charge in [0, 0.05) is 0 Å². The molecule has 1 aromatic carbocycles. The van der Waals surface area contributed by atoms with E-state index in [2.05, 4.69) is 23.4 Å². The molecule has 0 fully saturated rings. The lowest BCUT2D eigenvalue weighted by molar-refractivity contribution is 1.21. The lowest BCUT2D eigenvalue weighted by Crippen LogP contribution is -1.91. The molecule has 0 unspecified atom stereocenters. The first kappa shape index (κ1) is 10.6. The van der Waals surface area contributed by atoms with Crippen LogP contribution in [-0.2, 0) is 0 Å². The van der Waals surface area contributed by atoms with Crippen LogP contribution in [-0.4, -0.2) is 13.4 Å². The molecular weight excluding hydrogens is 172 g/mol. The second-order valence-corrected chi connectivity index (χ2v) is 3.51. The van der Waals surface area contributed by atoms with Crippen molar-refractivity contribution >= 4 is 24.8 Å². The first-order valence-corrected chi connectivity index (χ1v) is 4.58. The molecule has 2 heteroatoms. The lowest BCUT2D eigenvalue weighted by Gasteiger charge is -2.14. The van der Waals surface area contributed by atoms with Crippen molar-refractivity contribution in [1.29, 1.82) is 0 Å². The second-order valence-electron chi connectivity index (χ2n) is 3.51. The van der Waals surface area contributed by atoms with Gasteiger partial charge in [0.15, 0.2) is 0 Å². The summed E-state index contributed by atoms with van der Waals surface area (Å²) in [4.78, 5) is 8.11. The molecule has 14 heavy (non-hydrogen) atoms. The summed E-state index contributed by atoms with van der Waals surface area (Å²) in [6.07, 6.45) is 0. The average molecular weight is 188 g/mol. The van der Waals surface area contributed by atoms with Crippen molar-refractivity contribution in [3.63, 3.8) is 0 Å². The molecule has 0 aliphatic heterocycles. The molecule has 0 N–H and O–H groups in total. The van der Waals surface area contributed by atoms with Crippen LogP contribution in [0.15, 0.2) is 9.98 Å². The van der Waals surface area contributed by atoms with E-state index in [1.54, 1.807) is 0 Å². The van der Waals surface area contributed by atoms with Gasteiger partial charge in [-0.2, -0.15) is 0 Å². The van der Waals surface area contributed by atoms with Crippen molar-refractivity contribution in [3.05, 3.63) is 22.3 Å². The van der Waals surface area contributed by atoms with Crippen LogP contribution in [0, 0.1) is 27.7 Å². The molecular formula is C12H16N2. The smallest absolute Gasteiger partial charge is 0.0687 e. The van der Waals surface area contributed by atoms with Crippen LogP contribution in [0.5, 0.6) is 0 Å². The molecule has 0 radical (unpaired) electrons. The predicted octanol–water partition coefficient (Wildman–Crippen LogP) is 3.58. The summed E-state index contributed by atoms with van der Waals surface area (Å²) in [5.41, 5.74) is 6.53. The minimum atomic E-state index is 0.979. The van der Waals surface area contributed by atoms with Gasteiger partial charge in [-0.15, -0.1) is 0 Å². The van der Waals surface area contributed by atoms with Crippen molar-refractivity contribution in [2.45, 2.75) is 27.7 Å². The van der Waals surface area contributed by atoms with Crippen LogP contribution in [0.3, 0.4) is 0 Å². The summed E-state index contributed by atoms with van der Waals surface area (Å²) in [5, 5.41) is 0. The minimum absolute atomic E-state index is 0.979. The van der Waals surface area contributed by atoms with Crippen molar-refractivity contribution in [1.82, 2.24) is 0 Å². The van der Waals surface area contributed by atoms with Gasteiger partial charge in [0.2, 0.25) is 0 Å². The third kappa shape index (κ3) is 1.37. The van der Waals surface area contributed by atoms with E-state index >= 15 is 0 Å². The molecule has 0 saturated heterocycles. The van der Waals surface area contributed by atoms with E-state index in [4.69, 9.17) is 0 Å². The quantitative estimate of drug-likeness (QED) is 0.634. The topological polar surface area (TPSA) is 24.7 Å². The van der Waals surface area contributed by atoms with Crippen LogP contribution in [0.4, 0.5) is 11.4 Å². The van der Waals surface area contributed by atoms with Crippen LogP contribution in [0.25, 0.3) is 0 Å². The Morgan fingerprint density at radius 1 is 0.643 bits per heavy atom. The lowest BCUT2D eigenvalue weighted by atomic mass is 9.96. The van der Waals surface area contributed by atoms with Gasteiger partial charge in [0.25, 0.3) is 0 Å². The maximum absolute atomic E-state index is 4.05. The van der Waals surface area contributed by atoms with Gasteiger partial charge in [-0.3, -0.25) is 9.98 Å². The predicted molar refractivity (Wildman–Crippen MR) is 63.8 cm³/mol. The van der Waals surface area contributed by atoms with Crippen molar-refractivity contribution < 1.29 is 0 Å². The maximum Gasteiger partial charge on any atom is 0.0687 e. The zero-order valence-electron chi connectivity index (χ0n) is 9.31. The largest absolute Gasteiger partial charge is 0.264 e. The van der Waals surface area contributed by atoms with E-state index in [1.807, 2.05) is 27.7 Å². The fraction of sp³-hybridized carbons (Fsp3) is 0.333. The highest BCUT2D eigenvalue weighted by atomic mass is 14.7. The fourth-order valence-corrected chi connectivity index (χ4v) is 1.75. The summed E-state index contributed by atoms with van der Waals surface area (Å²) >= 11 is 0. The number of hydrogen-bond donors (Lipinski definition) is 0. The molecule has 0 amide bonds. The average Bonchev–Trinajstić information content (AvgIpc) is 2.17. The molecule has 0 heterocycles. The second kappa shape index (κ2) is 3.74. The number of hydrogen-bond acceptors (Lipinski definition) is 2. The van der Waals surface area contributed by atoms with E-state index < -0.39 is 0 Å². The van der Waals surface area contributed by atoms with Crippen LogP contribution in [0.1, 0.15) is 22.3 Å². The molecule has 74 valence electrons. The monoisotopic (exact) mass is 188 g/mol. The Labute approximate surface area is 85.4 Å². The standard InChI is InChI=1S/C12H16N2/c1-7-8(2)12(14-6)10(4)9(3)11(7)13-5/h5-6H2,1-4H3. The Hall–Kier alpha value is -1.44. The van der Waals surface area contributed by atoms with Gasteiger partial charge in [-0.25, -0.2) is 0 Å². The molecule has 1 rings (SSSR count). The molecule has 0 saturated carbocycles. The first-order valence-electron chi connectivity index (χ1n) is 4.58. The van der Waals surface area contributed by atoms with Gasteiger partial charge < -0.3 is 0 Å². The SMILES string of the molecule is C=Nc1c(C)c(C)c(N=C)c(C)c1C. The molecule has 0 aliphatic rings. The van der Waals surface area contributed by atoms with Crippen LogP contribution >= 0.6 is 0 Å². The van der Waals surface area contributed by atoms with Gasteiger partial charge in [0.05, 0.1) is 11.4 Å². The van der Waals surface area contributed by atoms with Crippen LogP contribution < -0.4 is 0 Å². The first-order chi connectivity index (χ1) is 6.54. The highest BCUT2D eigenvalue weighted by molar-refractivity contribution is 5.71. The summed E-state index contributed by atoms with van der Waals surface area (Å²) < 4.78 is 0. The summed E-state index contributed by atoms with van der Waals surface area (Å²) in [5.74, 6) is 0. The molecule has 0 bridgehead atoms. The van der Waals surface area contributed by atoms with Crippen molar-refractivity contribution in [2.75, 3.05) is 0 Å². The van der Waals surface area contributed by atoms with Gasteiger partial charge in [-0.05, 0) is 63.4 Å². The van der Waals surface area contributed by atoms with Gasteiger partial charge in [0.1, 0.15) is 0 Å². The molecule has 0 atom stereocenters. The third-order valence-corrected chi connectivity index (χ3v) is 2.86. The number of aliphatic imine (C=N–C) groups is 2. The highest BCUT2D eigenvalue weighted by Gasteiger charge is 2.12. The van der Waals surface area contributed by atoms with Crippen molar-refractivity contribution in [3.8, 4) is 0 Å². The number of benzene rings is 1. The van der Waals surface area contributed by atoms with E-state index in [1.165, 1.54) is 0 Å². The zero-order chi connectivity index (χ0) is 10.9. The van der Waals surface area contributed by atoms with Crippen molar-refractivity contribution in [2.24, 2.45) is 9.98 Å². The van der Waals surface area contributed by atoms with E-state index in [0.29, 0.717) is 0 Å². The van der Waals surface area contributed by atoms with E-state index in [-0.39, 0.29) is 0 Å². The Kier molecular flexibility index (Phi) is 2.84. The molecule has 0 aliphatic carbocycles. The Morgan fingerprint density at radius 2 is 0.857 bits per heavy atom. The minimum Gasteiger partial charge on any atom is -0.264 e. The molecule has 0 spiro atoms. The zero-order valence-corrected chi connectivity index (χ0v) is 9.31. The Morgan fingerprint density at radius 3 is 1.00 bits per heavy atom. The Balaban J connectivity index is 3.71.